The third-order valence-electron chi connectivity index (χ3n) is 3.33. The van der Waals surface area contributed by atoms with E-state index in [1.807, 2.05) is 0 Å². The van der Waals surface area contributed by atoms with E-state index >= 15 is 0 Å². The Morgan fingerprint density at radius 1 is 1.39 bits per heavy atom. The number of hydrogen-bond donors (Lipinski definition) is 0. The van der Waals surface area contributed by atoms with Crippen LogP contribution >= 0.6 is 0 Å². The number of rotatable bonds is 3. The molecule has 7 heteroatoms. The minimum Gasteiger partial charge on any atom is -0.496 e. The van der Waals surface area contributed by atoms with Crippen molar-refractivity contribution in [1.82, 2.24) is 9.88 Å². The summed E-state index contributed by atoms with van der Waals surface area (Å²) in [7, 11) is 1.48. The van der Waals surface area contributed by atoms with Gasteiger partial charge in [0.25, 0.3) is 0 Å². The van der Waals surface area contributed by atoms with Crippen molar-refractivity contribution in [2.75, 3.05) is 26.9 Å². The molecule has 0 aliphatic carbocycles. The van der Waals surface area contributed by atoms with Crippen LogP contribution in [0.15, 0.2) is 18.5 Å². The maximum absolute atomic E-state index is 12.8. The molecule has 1 aliphatic heterocycles. The number of hydrogen-bond acceptors (Lipinski definition) is 6. The van der Waals surface area contributed by atoms with Gasteiger partial charge in [-0.1, -0.05) is 0 Å². The van der Waals surface area contributed by atoms with Gasteiger partial charge in [-0.25, -0.2) is 4.79 Å². The molecule has 0 spiro atoms. The molecule has 7 nitrogen and oxygen atoms in total. The summed E-state index contributed by atoms with van der Waals surface area (Å²) in [4.78, 5) is 30.5. The Hall–Kier alpha value is -2.15. The lowest BCUT2D eigenvalue weighted by molar-refractivity contribution is -0.0266. The van der Waals surface area contributed by atoms with Gasteiger partial charge in [-0.15, -0.1) is 0 Å². The van der Waals surface area contributed by atoms with Crippen LogP contribution in [0.4, 0.5) is 4.79 Å². The first-order valence-electron chi connectivity index (χ1n) is 7.43. The first-order valence-corrected chi connectivity index (χ1v) is 7.43. The van der Waals surface area contributed by atoms with Crippen molar-refractivity contribution in [3.8, 4) is 5.75 Å². The summed E-state index contributed by atoms with van der Waals surface area (Å²) >= 11 is 0. The van der Waals surface area contributed by atoms with E-state index in [0.717, 1.165) is 0 Å². The lowest BCUT2D eigenvalue weighted by Crippen LogP contribution is -2.53. The number of pyridine rings is 1. The molecule has 23 heavy (non-hydrogen) atoms. The monoisotopic (exact) mass is 322 g/mol. The van der Waals surface area contributed by atoms with E-state index in [1.54, 1.807) is 33.0 Å². The van der Waals surface area contributed by atoms with Crippen molar-refractivity contribution in [3.63, 3.8) is 0 Å². The highest BCUT2D eigenvalue weighted by Crippen LogP contribution is 2.22. The first-order chi connectivity index (χ1) is 10.8. The smallest absolute Gasteiger partial charge is 0.411 e. The number of Topliss-reactive ketones (excluding diaryl/α,β-unsaturated/α-hetero) is 1. The van der Waals surface area contributed by atoms with Crippen LogP contribution in [0, 0.1) is 0 Å². The fourth-order valence-corrected chi connectivity index (χ4v) is 2.28. The van der Waals surface area contributed by atoms with Crippen LogP contribution in [0.25, 0.3) is 0 Å². The average molecular weight is 322 g/mol. The summed E-state index contributed by atoms with van der Waals surface area (Å²) in [5, 5.41) is 0. The summed E-state index contributed by atoms with van der Waals surface area (Å²) < 4.78 is 16.0. The molecule has 0 unspecified atom stereocenters. The molecule has 1 atom stereocenters. The van der Waals surface area contributed by atoms with Crippen LogP contribution < -0.4 is 4.74 Å². The summed E-state index contributed by atoms with van der Waals surface area (Å²) in [5.41, 5.74) is -0.311. The van der Waals surface area contributed by atoms with Crippen molar-refractivity contribution in [2.45, 2.75) is 32.4 Å². The minimum atomic E-state index is -0.753. The minimum absolute atomic E-state index is 0.121. The van der Waals surface area contributed by atoms with Crippen LogP contribution in [-0.4, -0.2) is 60.3 Å². The number of nitrogens with zero attached hydrogens (tertiary/aromatic N) is 2. The molecule has 1 saturated heterocycles. The Morgan fingerprint density at radius 2 is 2.13 bits per heavy atom. The van der Waals surface area contributed by atoms with Gasteiger partial charge in [0, 0.05) is 18.9 Å². The number of ketones is 1. The number of carbonyl (C=O) groups is 2. The molecule has 1 aliphatic rings. The van der Waals surface area contributed by atoms with E-state index in [4.69, 9.17) is 14.2 Å². The highest BCUT2D eigenvalue weighted by Gasteiger charge is 2.36. The van der Waals surface area contributed by atoms with Gasteiger partial charge < -0.3 is 14.2 Å². The quantitative estimate of drug-likeness (QED) is 0.791. The molecule has 2 rings (SSSR count). The molecular weight excluding hydrogens is 300 g/mol. The second-order valence-electron chi connectivity index (χ2n) is 6.20. The number of carbonyl (C=O) groups excluding carboxylic acids is 2. The zero-order valence-electron chi connectivity index (χ0n) is 13.9. The Balaban J connectivity index is 2.24. The molecule has 126 valence electrons. The van der Waals surface area contributed by atoms with Gasteiger partial charge in [-0.3, -0.25) is 14.7 Å². The van der Waals surface area contributed by atoms with Crippen LogP contribution in [-0.2, 0) is 9.47 Å². The van der Waals surface area contributed by atoms with Gasteiger partial charge >= 0.3 is 6.09 Å². The Kier molecular flexibility index (Phi) is 5.20. The second kappa shape index (κ2) is 6.95. The lowest BCUT2D eigenvalue weighted by Gasteiger charge is -2.35. The Bertz CT molecular complexity index is 582. The maximum atomic E-state index is 12.8. The summed E-state index contributed by atoms with van der Waals surface area (Å²) in [6.45, 7) is 6.14. The first kappa shape index (κ1) is 17.2. The lowest BCUT2D eigenvalue weighted by atomic mass is 10.0. The average Bonchev–Trinajstić information content (AvgIpc) is 2.52. The highest BCUT2D eigenvalue weighted by atomic mass is 16.6. The number of amides is 1. The Labute approximate surface area is 135 Å². The molecule has 2 heterocycles. The zero-order valence-corrected chi connectivity index (χ0v) is 13.9. The maximum Gasteiger partial charge on any atom is 0.411 e. The van der Waals surface area contributed by atoms with Crippen molar-refractivity contribution < 1.29 is 23.8 Å². The van der Waals surface area contributed by atoms with Crippen LogP contribution in [0.5, 0.6) is 5.75 Å². The number of morpholine rings is 1. The number of aromatic nitrogens is 1. The molecule has 0 aromatic carbocycles. The predicted molar refractivity (Wildman–Crippen MR) is 82.7 cm³/mol. The summed E-state index contributed by atoms with van der Waals surface area (Å²) in [6, 6.07) is 0.853. The van der Waals surface area contributed by atoms with Crippen LogP contribution in [0.1, 0.15) is 31.1 Å². The van der Waals surface area contributed by atoms with Crippen molar-refractivity contribution in [3.05, 3.63) is 24.0 Å². The van der Waals surface area contributed by atoms with Crippen molar-refractivity contribution >= 4 is 11.9 Å². The molecule has 1 amide bonds. The molecule has 0 bridgehead atoms. The highest BCUT2D eigenvalue weighted by molar-refractivity contribution is 6.03. The molecule has 1 fully saturated rings. The number of ether oxygens (including phenoxy) is 3. The van der Waals surface area contributed by atoms with E-state index in [9.17, 15) is 9.59 Å². The molecule has 0 N–H and O–H groups in total. The Morgan fingerprint density at radius 3 is 2.78 bits per heavy atom. The molecular formula is C16H22N2O5. The van der Waals surface area contributed by atoms with Gasteiger partial charge in [-0.2, -0.15) is 0 Å². The summed E-state index contributed by atoms with van der Waals surface area (Å²) in [5.74, 6) is 0.139. The van der Waals surface area contributed by atoms with Crippen LogP contribution in [0.2, 0.25) is 0 Å². The van der Waals surface area contributed by atoms with Crippen molar-refractivity contribution in [2.24, 2.45) is 0 Å². The van der Waals surface area contributed by atoms with E-state index in [0.29, 0.717) is 24.5 Å². The van der Waals surface area contributed by atoms with E-state index < -0.39 is 17.7 Å². The standard InChI is InChI=1S/C16H22N2O5/c1-16(2,3)23-15(20)18-7-8-22-10-12(18)14(19)11-9-17-6-5-13(11)21-4/h5-6,9,12H,7-8,10H2,1-4H3/t12-/m1/s1. The predicted octanol–water partition coefficient (Wildman–Crippen LogP) is 1.91. The largest absolute Gasteiger partial charge is 0.496 e. The topological polar surface area (TPSA) is 78.0 Å². The normalized spacial score (nSPS) is 18.4. The SMILES string of the molecule is COc1ccncc1C(=O)[C@H]1COCCN1C(=O)OC(C)(C)C. The third kappa shape index (κ3) is 4.19. The third-order valence-corrected chi connectivity index (χ3v) is 3.33. The molecule has 0 saturated carbocycles. The van der Waals surface area contributed by atoms with Gasteiger partial charge in [0.05, 0.1) is 25.9 Å². The second-order valence-corrected chi connectivity index (χ2v) is 6.20. The fraction of sp³-hybridized carbons (Fsp3) is 0.562. The number of methoxy groups -OCH3 is 1. The van der Waals surface area contributed by atoms with E-state index in [1.165, 1.54) is 18.2 Å². The van der Waals surface area contributed by atoms with Gasteiger partial charge in [0.15, 0.2) is 5.78 Å². The van der Waals surface area contributed by atoms with E-state index in [2.05, 4.69) is 4.98 Å². The van der Waals surface area contributed by atoms with Gasteiger partial charge in [0.1, 0.15) is 17.4 Å². The molecule has 1 aromatic heterocycles. The van der Waals surface area contributed by atoms with E-state index in [-0.39, 0.29) is 12.4 Å². The fourth-order valence-electron chi connectivity index (χ4n) is 2.28. The van der Waals surface area contributed by atoms with Crippen molar-refractivity contribution in [1.29, 1.82) is 0 Å². The van der Waals surface area contributed by atoms with Crippen LogP contribution in [0.3, 0.4) is 0 Å². The molecule has 1 aromatic rings. The van der Waals surface area contributed by atoms with Gasteiger partial charge in [-0.05, 0) is 26.8 Å². The molecule has 0 radical (unpaired) electrons. The zero-order chi connectivity index (χ0) is 17.0. The van der Waals surface area contributed by atoms with Gasteiger partial charge in [0.2, 0.25) is 0 Å². The summed E-state index contributed by atoms with van der Waals surface area (Å²) in [6.07, 6.45) is 2.45.